The molecule has 2 heterocycles. The lowest BCUT2D eigenvalue weighted by Gasteiger charge is -2.11. The summed E-state index contributed by atoms with van der Waals surface area (Å²) in [5.74, 6) is -0.0158. The van der Waals surface area contributed by atoms with Gasteiger partial charge < -0.3 is 11.1 Å². The van der Waals surface area contributed by atoms with Crippen LogP contribution in [0.15, 0.2) is 60.2 Å². The van der Waals surface area contributed by atoms with Crippen molar-refractivity contribution in [1.82, 2.24) is 15.3 Å². The largest absolute Gasteiger partial charge is 0.356 e. The van der Waals surface area contributed by atoms with Crippen molar-refractivity contribution in [2.75, 3.05) is 6.54 Å². The third-order valence-electron chi connectivity index (χ3n) is 4.05. The zero-order valence-corrected chi connectivity index (χ0v) is 15.3. The van der Waals surface area contributed by atoms with E-state index < -0.39 is 0 Å². The van der Waals surface area contributed by atoms with Crippen LogP contribution in [0.1, 0.15) is 29.5 Å². The van der Waals surface area contributed by atoms with Gasteiger partial charge in [0.05, 0.1) is 10.7 Å². The Labute approximate surface area is 157 Å². The Morgan fingerprint density at radius 1 is 1.15 bits per heavy atom. The van der Waals surface area contributed by atoms with Gasteiger partial charge in [-0.2, -0.15) is 0 Å². The Morgan fingerprint density at radius 2 is 1.92 bits per heavy atom. The highest BCUT2D eigenvalue weighted by atomic mass is 32.1. The first-order chi connectivity index (χ1) is 12.7. The highest BCUT2D eigenvalue weighted by molar-refractivity contribution is 7.09. The van der Waals surface area contributed by atoms with E-state index in [1.165, 1.54) is 0 Å². The second-order valence-electron chi connectivity index (χ2n) is 6.04. The molecule has 0 spiro atoms. The molecule has 0 saturated heterocycles. The quantitative estimate of drug-likeness (QED) is 0.599. The second kappa shape index (κ2) is 9.22. The molecule has 5 nitrogen and oxygen atoms in total. The van der Waals surface area contributed by atoms with Gasteiger partial charge in [-0.05, 0) is 24.1 Å². The maximum atomic E-state index is 12.0. The fourth-order valence-electron chi connectivity index (χ4n) is 2.64. The Morgan fingerprint density at radius 3 is 2.69 bits per heavy atom. The van der Waals surface area contributed by atoms with Crippen molar-refractivity contribution in [3.05, 3.63) is 70.8 Å². The van der Waals surface area contributed by atoms with E-state index in [2.05, 4.69) is 20.7 Å². The van der Waals surface area contributed by atoms with Crippen LogP contribution in [-0.2, 0) is 11.2 Å². The SMILES string of the molecule is NC(CC(=O)NCCCc1nc(-c2ccncc2)cs1)c1ccccc1. The lowest BCUT2D eigenvalue weighted by atomic mass is 10.0. The lowest BCUT2D eigenvalue weighted by Crippen LogP contribution is -2.28. The van der Waals surface area contributed by atoms with Gasteiger partial charge in [0.2, 0.25) is 5.91 Å². The average molecular weight is 366 g/mol. The molecule has 1 atom stereocenters. The third-order valence-corrected chi connectivity index (χ3v) is 4.96. The summed E-state index contributed by atoms with van der Waals surface area (Å²) in [5.41, 5.74) is 9.11. The van der Waals surface area contributed by atoms with Gasteiger partial charge in [0.15, 0.2) is 0 Å². The van der Waals surface area contributed by atoms with Crippen molar-refractivity contribution in [3.8, 4) is 11.3 Å². The summed E-state index contributed by atoms with van der Waals surface area (Å²) < 4.78 is 0. The number of hydrogen-bond donors (Lipinski definition) is 2. The molecule has 0 saturated carbocycles. The van der Waals surface area contributed by atoms with Gasteiger partial charge >= 0.3 is 0 Å². The van der Waals surface area contributed by atoms with E-state index in [-0.39, 0.29) is 11.9 Å². The highest BCUT2D eigenvalue weighted by Crippen LogP contribution is 2.21. The molecule has 134 valence electrons. The molecule has 0 aliphatic carbocycles. The molecule has 6 heteroatoms. The van der Waals surface area contributed by atoms with Gasteiger partial charge in [-0.15, -0.1) is 11.3 Å². The Bertz CT molecular complexity index is 820. The molecule has 3 rings (SSSR count). The second-order valence-corrected chi connectivity index (χ2v) is 6.98. The first-order valence-electron chi connectivity index (χ1n) is 8.64. The van der Waals surface area contributed by atoms with Crippen molar-refractivity contribution < 1.29 is 4.79 Å². The van der Waals surface area contributed by atoms with Gasteiger partial charge in [0.1, 0.15) is 0 Å². The number of pyridine rings is 1. The third kappa shape index (κ3) is 5.21. The number of aryl methyl sites for hydroxylation is 1. The van der Waals surface area contributed by atoms with Crippen LogP contribution in [-0.4, -0.2) is 22.4 Å². The molecule has 2 aromatic heterocycles. The van der Waals surface area contributed by atoms with E-state index in [0.717, 1.165) is 34.7 Å². The van der Waals surface area contributed by atoms with E-state index >= 15 is 0 Å². The number of carbonyl (C=O) groups excluding carboxylic acids is 1. The minimum Gasteiger partial charge on any atom is -0.356 e. The monoisotopic (exact) mass is 366 g/mol. The maximum absolute atomic E-state index is 12.0. The van der Waals surface area contributed by atoms with Crippen molar-refractivity contribution in [2.45, 2.75) is 25.3 Å². The van der Waals surface area contributed by atoms with Crippen LogP contribution in [0.2, 0.25) is 0 Å². The Hall–Kier alpha value is -2.57. The first kappa shape index (κ1) is 18.2. The van der Waals surface area contributed by atoms with E-state index in [1.54, 1.807) is 23.7 Å². The molecule has 3 N–H and O–H groups in total. The number of amides is 1. The molecule has 1 aromatic carbocycles. The van der Waals surface area contributed by atoms with Crippen LogP contribution >= 0.6 is 11.3 Å². The Balaban J connectivity index is 1.39. The van der Waals surface area contributed by atoms with Gasteiger partial charge in [-0.3, -0.25) is 9.78 Å². The molecule has 0 bridgehead atoms. The van der Waals surface area contributed by atoms with Crippen LogP contribution in [0.5, 0.6) is 0 Å². The van der Waals surface area contributed by atoms with Gasteiger partial charge in [0.25, 0.3) is 0 Å². The van der Waals surface area contributed by atoms with Crippen LogP contribution in [0, 0.1) is 0 Å². The van der Waals surface area contributed by atoms with Gasteiger partial charge in [0, 0.05) is 48.8 Å². The minimum atomic E-state index is -0.266. The fourth-order valence-corrected chi connectivity index (χ4v) is 3.49. The molecule has 1 unspecified atom stereocenters. The number of hydrogen-bond acceptors (Lipinski definition) is 5. The number of benzene rings is 1. The summed E-state index contributed by atoms with van der Waals surface area (Å²) in [6.45, 7) is 0.629. The van der Waals surface area contributed by atoms with E-state index in [1.807, 2.05) is 42.5 Å². The van der Waals surface area contributed by atoms with Crippen molar-refractivity contribution in [1.29, 1.82) is 0 Å². The number of nitrogens with zero attached hydrogens (tertiary/aromatic N) is 2. The predicted molar refractivity (Wildman–Crippen MR) is 105 cm³/mol. The zero-order chi connectivity index (χ0) is 18.2. The number of nitrogens with two attached hydrogens (primary N) is 1. The Kier molecular flexibility index (Phi) is 6.46. The lowest BCUT2D eigenvalue weighted by molar-refractivity contribution is -0.121. The predicted octanol–water partition coefficient (Wildman–Crippen LogP) is 3.34. The fraction of sp³-hybridized carbons (Fsp3) is 0.250. The average Bonchev–Trinajstić information content (AvgIpc) is 3.15. The summed E-state index contributed by atoms with van der Waals surface area (Å²) in [5, 5.41) is 6.08. The molecule has 1 amide bonds. The molecule has 3 aromatic rings. The van der Waals surface area contributed by atoms with Crippen molar-refractivity contribution in [2.24, 2.45) is 5.73 Å². The summed E-state index contributed by atoms with van der Waals surface area (Å²) >= 11 is 1.65. The van der Waals surface area contributed by atoms with E-state index in [4.69, 9.17) is 5.73 Å². The molecule has 0 aliphatic rings. The van der Waals surface area contributed by atoms with Gasteiger partial charge in [-0.25, -0.2) is 4.98 Å². The zero-order valence-electron chi connectivity index (χ0n) is 14.5. The summed E-state index contributed by atoms with van der Waals surface area (Å²) in [6.07, 6.45) is 5.54. The van der Waals surface area contributed by atoms with Crippen LogP contribution in [0.4, 0.5) is 0 Å². The van der Waals surface area contributed by atoms with Crippen LogP contribution in [0.25, 0.3) is 11.3 Å². The molecule has 0 aliphatic heterocycles. The first-order valence-corrected chi connectivity index (χ1v) is 9.52. The number of nitrogens with one attached hydrogen (secondary N) is 1. The molecule has 0 fully saturated rings. The normalized spacial score (nSPS) is 11.9. The number of rotatable bonds is 8. The van der Waals surface area contributed by atoms with Crippen LogP contribution < -0.4 is 11.1 Å². The molecule has 0 radical (unpaired) electrons. The maximum Gasteiger partial charge on any atom is 0.221 e. The standard InChI is InChI=1S/C20H22N4OS/c21-17(15-5-2-1-3-6-15)13-19(25)23-10-4-7-20-24-18(14-26-20)16-8-11-22-12-9-16/h1-3,5-6,8-9,11-12,14,17H,4,7,10,13,21H2,(H,23,25). The van der Waals surface area contributed by atoms with Crippen molar-refractivity contribution in [3.63, 3.8) is 0 Å². The summed E-state index contributed by atoms with van der Waals surface area (Å²) in [6, 6.07) is 13.3. The highest BCUT2D eigenvalue weighted by Gasteiger charge is 2.11. The van der Waals surface area contributed by atoms with Crippen LogP contribution in [0.3, 0.4) is 0 Å². The molecular formula is C20H22N4OS. The number of aromatic nitrogens is 2. The summed E-state index contributed by atoms with van der Waals surface area (Å²) in [4.78, 5) is 20.7. The van der Waals surface area contributed by atoms with E-state index in [0.29, 0.717) is 13.0 Å². The molecular weight excluding hydrogens is 344 g/mol. The van der Waals surface area contributed by atoms with Crippen molar-refractivity contribution >= 4 is 17.2 Å². The molecule has 26 heavy (non-hydrogen) atoms. The number of thiazole rings is 1. The smallest absolute Gasteiger partial charge is 0.221 e. The minimum absolute atomic E-state index is 0.0158. The van der Waals surface area contributed by atoms with Gasteiger partial charge in [-0.1, -0.05) is 30.3 Å². The van der Waals surface area contributed by atoms with E-state index in [9.17, 15) is 4.79 Å². The number of carbonyl (C=O) groups is 1. The topological polar surface area (TPSA) is 80.9 Å². The summed E-state index contributed by atoms with van der Waals surface area (Å²) in [7, 11) is 0.